The van der Waals surface area contributed by atoms with Crippen LogP contribution in [0.15, 0.2) is 254 Å². The predicted molar refractivity (Wildman–Crippen MR) is 500 cm³/mol. The normalized spacial score (nSPS) is 19.4. The summed E-state index contributed by atoms with van der Waals surface area (Å²) in [6.45, 7) is 8.82. The van der Waals surface area contributed by atoms with Gasteiger partial charge in [-0.2, -0.15) is 0 Å². The van der Waals surface area contributed by atoms with Gasteiger partial charge in [-0.25, -0.2) is 13.6 Å². The van der Waals surface area contributed by atoms with E-state index in [1.54, 1.807) is 90.6 Å². The van der Waals surface area contributed by atoms with E-state index < -0.39 is 10.0 Å². The Morgan fingerprint density at radius 1 is 0.407 bits per heavy atom. The van der Waals surface area contributed by atoms with E-state index in [0.29, 0.717) is 145 Å². The molecule has 4 atom stereocenters. The highest BCUT2D eigenvalue weighted by Gasteiger charge is 2.58. The molecule has 135 heavy (non-hydrogen) atoms. The molecule has 8 aromatic heterocycles. The minimum atomic E-state index is -3.78. The van der Waals surface area contributed by atoms with Crippen molar-refractivity contribution < 1.29 is 74.0 Å². The molecule has 4 saturated heterocycles. The molecule has 32 heteroatoms. The summed E-state index contributed by atoms with van der Waals surface area (Å²) in [5.41, 5.74) is 9.04. The number of primary sulfonamides is 1. The van der Waals surface area contributed by atoms with Crippen LogP contribution < -0.4 is 36.5 Å². The molecule has 13 heterocycles. The average Bonchev–Trinajstić information content (AvgIpc) is 1.60. The Labute approximate surface area is 776 Å². The zero-order valence-corrected chi connectivity index (χ0v) is 75.0. The maximum atomic E-state index is 13.4. The second-order valence-corrected chi connectivity index (χ2v) is 38.9. The number of aromatic nitrogens is 5. The lowest BCUT2D eigenvalue weighted by Crippen LogP contribution is -2.40. The fourth-order valence-electron chi connectivity index (χ4n) is 20.7. The van der Waals surface area contributed by atoms with Crippen LogP contribution in [0.4, 0.5) is 5.69 Å². The number of sulfonamides is 1. The van der Waals surface area contributed by atoms with Crippen molar-refractivity contribution in [1.82, 2.24) is 65.4 Å². The monoisotopic (exact) mass is 1840 g/mol. The maximum Gasteiger partial charge on any atom is 0.287 e. The van der Waals surface area contributed by atoms with Crippen LogP contribution in [0.25, 0.3) is 54.9 Å². The van der Waals surface area contributed by atoms with Crippen molar-refractivity contribution in [2.75, 3.05) is 90.5 Å². The molecule has 4 unspecified atom stereocenters. The summed E-state index contributed by atoms with van der Waals surface area (Å²) in [4.78, 5) is 138. The third kappa shape index (κ3) is 19.1. The molecule has 0 radical (unpaired) electrons. The lowest BCUT2D eigenvalue weighted by atomic mass is 9.90. The van der Waals surface area contributed by atoms with Gasteiger partial charge in [0.25, 0.3) is 53.2 Å². The number of nitrogens with zero attached hydrogens (tertiary/aromatic N) is 9. The largest absolute Gasteiger partial charge is 0.482 e. The molecular formula is C103H101N15O16S. The van der Waals surface area contributed by atoms with Gasteiger partial charge in [0.15, 0.2) is 40.8 Å². The van der Waals surface area contributed by atoms with Crippen molar-refractivity contribution in [3.8, 4) is 5.75 Å². The zero-order valence-electron chi connectivity index (χ0n) is 74.2. The first-order chi connectivity index (χ1) is 65.5. The van der Waals surface area contributed by atoms with Crippen LogP contribution in [0.3, 0.4) is 0 Å². The number of carbonyl (C=O) groups is 9. The number of para-hydroxylation sites is 2. The summed E-state index contributed by atoms with van der Waals surface area (Å²) in [6.07, 6.45) is 25.7. The van der Waals surface area contributed by atoms with Gasteiger partial charge < -0.3 is 73.2 Å². The molecule has 6 aromatic carbocycles. The zero-order chi connectivity index (χ0) is 92.7. The fraction of sp³-hybridized carbons (Fsp3) is 0.330. The minimum absolute atomic E-state index is 0.00556. The third-order valence-electron chi connectivity index (χ3n) is 29.3. The first-order valence-electron chi connectivity index (χ1n) is 46.0. The molecule has 0 bridgehead atoms. The molecule has 4 spiro atoms. The summed E-state index contributed by atoms with van der Waals surface area (Å²) in [6, 6.07) is 54.1. The number of piperidine rings is 4. The second kappa shape index (κ2) is 36.7. The first kappa shape index (κ1) is 88.3. The number of amides is 9. The van der Waals surface area contributed by atoms with E-state index in [-0.39, 0.29) is 92.1 Å². The van der Waals surface area contributed by atoms with E-state index in [1.165, 1.54) is 24.3 Å². The lowest BCUT2D eigenvalue weighted by Gasteiger charge is -2.33. The van der Waals surface area contributed by atoms with Crippen molar-refractivity contribution >= 4 is 124 Å². The number of nitrogens with one attached hydrogen (secondary N) is 5. The molecular weight excluding hydrogens is 1740 g/mol. The second-order valence-electron chi connectivity index (χ2n) is 37.3. The summed E-state index contributed by atoms with van der Waals surface area (Å²) in [5, 5.41) is 23.5. The molecule has 23 rings (SSSR count). The number of pyridine rings is 2. The highest BCUT2D eigenvalue weighted by molar-refractivity contribution is 7.89. The van der Waals surface area contributed by atoms with E-state index >= 15 is 0 Å². The van der Waals surface area contributed by atoms with Crippen molar-refractivity contribution in [2.24, 2.45) is 50.5 Å². The number of nitrogens with two attached hydrogens (primary N) is 1. The number of anilines is 1. The number of hydrogen-bond donors (Lipinski definition) is 6. The summed E-state index contributed by atoms with van der Waals surface area (Å²) >= 11 is 0. The minimum Gasteiger partial charge on any atom is -0.482 e. The van der Waals surface area contributed by atoms with Gasteiger partial charge in [-0.1, -0.05) is 54.6 Å². The molecule has 5 aliphatic heterocycles. The maximum absolute atomic E-state index is 13.4. The molecule has 9 aliphatic rings. The highest BCUT2D eigenvalue weighted by Crippen LogP contribution is 2.62. The summed E-state index contributed by atoms with van der Waals surface area (Å²) in [5.74, 6) is 2.63. The van der Waals surface area contributed by atoms with Gasteiger partial charge in [-0.05, 0) is 255 Å². The van der Waals surface area contributed by atoms with Gasteiger partial charge in [0.05, 0.1) is 34.0 Å². The van der Waals surface area contributed by atoms with Crippen LogP contribution >= 0.6 is 0 Å². The van der Waals surface area contributed by atoms with E-state index in [1.807, 2.05) is 136 Å². The Morgan fingerprint density at radius 3 is 1.24 bits per heavy atom. The number of carbonyl (C=O) groups excluding carboxylic acids is 9. The highest BCUT2D eigenvalue weighted by atomic mass is 32.2. The van der Waals surface area contributed by atoms with Gasteiger partial charge in [-0.3, -0.25) is 63.1 Å². The number of fused-ring (bicyclic) bond motifs is 6. The Kier molecular flexibility index (Phi) is 24.0. The molecule has 7 N–H and O–H groups in total. The molecule has 4 saturated carbocycles. The van der Waals surface area contributed by atoms with Crippen LogP contribution in [-0.2, 0) is 21.4 Å². The summed E-state index contributed by atoms with van der Waals surface area (Å²) in [7, 11) is -3.78. The van der Waals surface area contributed by atoms with Crippen molar-refractivity contribution in [3.63, 3.8) is 0 Å². The van der Waals surface area contributed by atoms with E-state index in [2.05, 4.69) is 51.1 Å². The number of likely N-dealkylation sites (tertiary alicyclic amines) is 4. The molecule has 690 valence electrons. The summed E-state index contributed by atoms with van der Waals surface area (Å²) < 4.78 is 52.8. The van der Waals surface area contributed by atoms with E-state index in [9.17, 15) is 51.6 Å². The molecule has 9 amide bonds. The SMILES string of the molecule is NS(=O)(=O)c1ccc(C(=O)N2CCC3(CC2)CC3CNC(=O)c2cc3ccncc3o2)cc1.O=C(NCC1CC12CCN(C(=O)c1ccc3nccnc3c1)CC2)c1cc2ccccc2o1.O=C(NCC1CC12CCN(C(=O)c1ccccc1Cn1cccc1)CC2)c1cc2ccncc2o1.O=C1COc2ccc(C(=O)N3CCC4(CC3)CC4CNC(=O)c3cc4ccccc4o3)cc2N1. The predicted octanol–water partition coefficient (Wildman–Crippen LogP) is 14.0. The van der Waals surface area contributed by atoms with Crippen molar-refractivity contribution in [3.05, 3.63) is 282 Å². The Morgan fingerprint density at radius 2 is 0.793 bits per heavy atom. The standard InChI is InChI=1S/C28H28N4O3.C26H24N4O3.C26H25N3O5.C23H24N4O5S/c33-26(24-15-20-7-10-29-18-25(20)35-24)30-17-22-16-28(22)8-13-32(14-9-28)27(34)23-6-2-1-5-21(23)19-31-11-3-4-12-31;31-24(23-14-17-3-1-2-4-22(17)33-23)29-16-19-15-26(19)7-11-30(12-8-26)25(32)18-5-6-20-21(13-18)28-10-9-27-20;30-23-15-33-21-6-5-17(11-19(21)28-23)25(32)29-9-7-26(8-10-29)13-18(26)14-27-24(31)22-12-16-3-1-2-4-20(16)34-22;24-33(30,31)18-3-1-15(2-4-18)22(29)27-9-6-23(7-10-27)12-17(23)13-26-21(28)19-11-16-5-8-25-14-20(16)32-19/h1-7,10-12,15,18,22H,8-9,13-14,16-17,19H2,(H,30,33);1-6,9-10,13-14,19H,7-8,11-12,15-16H2,(H,29,31);1-6,11-12,18H,7-10,13-15H2,(H,27,31)(H,28,30);1-5,8,11,14,17H,6-7,9-10,12-13H2,(H,26,28)(H2,24,30,31). The first-order valence-corrected chi connectivity index (χ1v) is 47.6. The Balaban J connectivity index is 0.000000112. The Hall–Kier alpha value is -14.7. The molecule has 31 nitrogen and oxygen atoms in total. The van der Waals surface area contributed by atoms with Gasteiger partial charge in [0.1, 0.15) is 16.9 Å². The van der Waals surface area contributed by atoms with Crippen LogP contribution in [0.2, 0.25) is 0 Å². The molecule has 14 aromatic rings. The van der Waals surface area contributed by atoms with Crippen LogP contribution in [0.5, 0.6) is 5.75 Å². The number of ether oxygens (including phenoxy) is 1. The quantitative estimate of drug-likeness (QED) is 0.0438. The van der Waals surface area contributed by atoms with Crippen molar-refractivity contribution in [2.45, 2.75) is 88.5 Å². The molecule has 4 aliphatic carbocycles. The third-order valence-corrected chi connectivity index (χ3v) is 30.3. The smallest absolute Gasteiger partial charge is 0.287 e. The van der Waals surface area contributed by atoms with Gasteiger partial charge in [0, 0.05) is 166 Å². The number of rotatable bonds is 19. The van der Waals surface area contributed by atoms with Crippen molar-refractivity contribution in [1.29, 1.82) is 0 Å². The van der Waals surface area contributed by atoms with Gasteiger partial charge >= 0.3 is 0 Å². The number of furan rings is 4. The van der Waals surface area contributed by atoms with Crippen LogP contribution in [0, 0.1) is 45.3 Å². The van der Waals surface area contributed by atoms with Crippen LogP contribution in [-0.4, -0.2) is 191 Å². The topological polar surface area (TPSA) is 405 Å². The van der Waals surface area contributed by atoms with E-state index in [4.69, 9.17) is 27.5 Å². The lowest BCUT2D eigenvalue weighted by molar-refractivity contribution is -0.118. The van der Waals surface area contributed by atoms with E-state index in [0.717, 1.165) is 153 Å². The van der Waals surface area contributed by atoms with Crippen LogP contribution in [0.1, 0.15) is 166 Å². The van der Waals surface area contributed by atoms with Gasteiger partial charge in [0.2, 0.25) is 10.0 Å². The Bertz CT molecular complexity index is 6900. The van der Waals surface area contributed by atoms with Gasteiger partial charge in [-0.15, -0.1) is 0 Å². The fourth-order valence-corrected chi connectivity index (χ4v) is 21.2. The molecule has 8 fully saturated rings. The number of benzene rings is 6. The average molecular weight is 1840 g/mol. The number of hydrogen-bond acceptors (Lipinski definition) is 20.